The molecule has 0 aliphatic heterocycles. The topological polar surface area (TPSA) is 42.7 Å². The Morgan fingerprint density at radius 2 is 2.00 bits per heavy atom. The van der Waals surface area contributed by atoms with Crippen molar-refractivity contribution in [2.45, 2.75) is 46.3 Å². The van der Waals surface area contributed by atoms with Gasteiger partial charge in [-0.25, -0.2) is 9.67 Å². The second-order valence-electron chi connectivity index (χ2n) is 4.91. The summed E-state index contributed by atoms with van der Waals surface area (Å²) in [5, 5.41) is 7.73. The molecule has 0 saturated heterocycles. The van der Waals surface area contributed by atoms with E-state index in [4.69, 9.17) is 0 Å². The largest absolute Gasteiger partial charge is 0.303 e. The van der Waals surface area contributed by atoms with Gasteiger partial charge in [-0.15, -0.1) is 0 Å². The second kappa shape index (κ2) is 6.48. The van der Waals surface area contributed by atoms with Crippen molar-refractivity contribution in [2.24, 2.45) is 0 Å². The van der Waals surface area contributed by atoms with E-state index in [1.165, 1.54) is 11.1 Å². The minimum absolute atomic E-state index is 0.312. The molecule has 4 nitrogen and oxygen atoms in total. The zero-order valence-electron chi connectivity index (χ0n) is 11.9. The number of benzene rings is 1. The van der Waals surface area contributed by atoms with Crippen LogP contribution >= 0.6 is 0 Å². The Hall–Kier alpha value is -1.68. The van der Waals surface area contributed by atoms with Crippen LogP contribution < -0.4 is 5.32 Å². The smallest absolute Gasteiger partial charge is 0.140 e. The maximum Gasteiger partial charge on any atom is 0.140 e. The highest BCUT2D eigenvalue weighted by molar-refractivity contribution is 5.23. The number of rotatable bonds is 6. The van der Waals surface area contributed by atoms with Crippen molar-refractivity contribution in [1.82, 2.24) is 20.1 Å². The summed E-state index contributed by atoms with van der Waals surface area (Å²) < 4.78 is 1.97. The standard InChI is InChI=1S/C15H22N4/c1-4-9-19-15(17-11-18-19)10-16-13(3)14-7-5-12(2)6-8-14/h5-8,11,13,16H,4,9-10H2,1-3H3/t13-/m1/s1. The fourth-order valence-corrected chi connectivity index (χ4v) is 2.04. The van der Waals surface area contributed by atoms with E-state index in [-0.39, 0.29) is 0 Å². The van der Waals surface area contributed by atoms with Gasteiger partial charge in [-0.05, 0) is 25.8 Å². The predicted octanol–water partition coefficient (Wildman–Crippen LogP) is 2.85. The van der Waals surface area contributed by atoms with E-state index in [0.29, 0.717) is 6.04 Å². The molecule has 0 aliphatic rings. The summed E-state index contributed by atoms with van der Waals surface area (Å²) in [5.74, 6) is 1.00. The zero-order valence-corrected chi connectivity index (χ0v) is 11.9. The highest BCUT2D eigenvalue weighted by Gasteiger charge is 2.07. The first-order valence-electron chi connectivity index (χ1n) is 6.87. The van der Waals surface area contributed by atoms with Gasteiger partial charge in [-0.1, -0.05) is 36.8 Å². The van der Waals surface area contributed by atoms with E-state index < -0.39 is 0 Å². The molecular formula is C15H22N4. The second-order valence-corrected chi connectivity index (χ2v) is 4.91. The Kier molecular flexibility index (Phi) is 4.68. The molecule has 2 aromatic rings. The molecule has 4 heteroatoms. The lowest BCUT2D eigenvalue weighted by atomic mass is 10.1. The molecule has 1 atom stereocenters. The molecule has 0 spiro atoms. The highest BCUT2D eigenvalue weighted by Crippen LogP contribution is 2.13. The molecule has 2 rings (SSSR count). The van der Waals surface area contributed by atoms with Gasteiger partial charge in [0.2, 0.25) is 0 Å². The van der Waals surface area contributed by atoms with E-state index in [9.17, 15) is 0 Å². The summed E-state index contributed by atoms with van der Waals surface area (Å²) in [5.41, 5.74) is 2.59. The van der Waals surface area contributed by atoms with E-state index in [1.54, 1.807) is 6.33 Å². The van der Waals surface area contributed by atoms with Crippen molar-refractivity contribution in [3.05, 3.63) is 47.5 Å². The Morgan fingerprint density at radius 3 is 2.68 bits per heavy atom. The first-order chi connectivity index (χ1) is 9.20. The summed E-state index contributed by atoms with van der Waals surface area (Å²) in [4.78, 5) is 4.30. The van der Waals surface area contributed by atoms with Crippen LogP contribution in [-0.4, -0.2) is 14.8 Å². The van der Waals surface area contributed by atoms with Crippen molar-refractivity contribution in [3.63, 3.8) is 0 Å². The molecule has 0 unspecified atom stereocenters. The van der Waals surface area contributed by atoms with Crippen LogP contribution in [0.3, 0.4) is 0 Å². The molecule has 0 bridgehead atoms. The molecule has 0 saturated carbocycles. The first-order valence-corrected chi connectivity index (χ1v) is 6.87. The fourth-order valence-electron chi connectivity index (χ4n) is 2.04. The summed E-state index contributed by atoms with van der Waals surface area (Å²) in [7, 11) is 0. The molecule has 1 aromatic heterocycles. The predicted molar refractivity (Wildman–Crippen MR) is 76.7 cm³/mol. The number of nitrogens with zero attached hydrogens (tertiary/aromatic N) is 3. The average Bonchev–Trinajstić information content (AvgIpc) is 2.85. The average molecular weight is 258 g/mol. The van der Waals surface area contributed by atoms with Gasteiger partial charge in [0, 0.05) is 12.6 Å². The fraction of sp³-hybridized carbons (Fsp3) is 0.467. The quantitative estimate of drug-likeness (QED) is 0.866. The minimum Gasteiger partial charge on any atom is -0.303 e. The molecule has 1 N–H and O–H groups in total. The van der Waals surface area contributed by atoms with E-state index in [0.717, 1.165) is 25.3 Å². The third kappa shape index (κ3) is 3.64. The monoisotopic (exact) mass is 258 g/mol. The molecule has 1 aromatic carbocycles. The van der Waals surface area contributed by atoms with Crippen LogP contribution in [0.1, 0.15) is 43.3 Å². The van der Waals surface area contributed by atoms with Crippen molar-refractivity contribution in [1.29, 1.82) is 0 Å². The van der Waals surface area contributed by atoms with Gasteiger partial charge in [0.15, 0.2) is 0 Å². The van der Waals surface area contributed by atoms with Crippen molar-refractivity contribution < 1.29 is 0 Å². The van der Waals surface area contributed by atoms with Gasteiger partial charge < -0.3 is 5.32 Å². The normalized spacial score (nSPS) is 12.6. The number of hydrogen-bond acceptors (Lipinski definition) is 3. The third-order valence-electron chi connectivity index (χ3n) is 3.27. The summed E-state index contributed by atoms with van der Waals surface area (Å²) in [6, 6.07) is 8.95. The lowest BCUT2D eigenvalue weighted by Crippen LogP contribution is -2.21. The van der Waals surface area contributed by atoms with Crippen LogP contribution in [0.4, 0.5) is 0 Å². The highest BCUT2D eigenvalue weighted by atomic mass is 15.3. The number of hydrogen-bond donors (Lipinski definition) is 1. The van der Waals surface area contributed by atoms with E-state index in [2.05, 4.69) is 60.4 Å². The molecule has 0 aliphatic carbocycles. The summed E-state index contributed by atoms with van der Waals surface area (Å²) >= 11 is 0. The molecule has 19 heavy (non-hydrogen) atoms. The van der Waals surface area contributed by atoms with E-state index in [1.807, 2.05) is 4.68 Å². The van der Waals surface area contributed by atoms with Gasteiger partial charge in [-0.2, -0.15) is 5.10 Å². The Balaban J connectivity index is 1.94. The number of aromatic nitrogens is 3. The number of aryl methyl sites for hydroxylation is 2. The van der Waals surface area contributed by atoms with Crippen LogP contribution in [0.15, 0.2) is 30.6 Å². The lowest BCUT2D eigenvalue weighted by molar-refractivity contribution is 0.509. The van der Waals surface area contributed by atoms with Gasteiger partial charge in [0.1, 0.15) is 12.2 Å². The lowest BCUT2D eigenvalue weighted by Gasteiger charge is -2.14. The summed E-state index contributed by atoms with van der Waals surface area (Å²) in [6.07, 6.45) is 2.70. The maximum atomic E-state index is 4.30. The van der Waals surface area contributed by atoms with Gasteiger partial charge in [0.25, 0.3) is 0 Å². The molecule has 0 amide bonds. The molecule has 0 radical (unpaired) electrons. The van der Waals surface area contributed by atoms with Crippen LogP contribution in [0.5, 0.6) is 0 Å². The Morgan fingerprint density at radius 1 is 1.26 bits per heavy atom. The molecule has 1 heterocycles. The summed E-state index contributed by atoms with van der Waals surface area (Å²) in [6.45, 7) is 8.10. The first kappa shape index (κ1) is 13.7. The Labute approximate surface area is 114 Å². The van der Waals surface area contributed by atoms with Crippen molar-refractivity contribution >= 4 is 0 Å². The third-order valence-corrected chi connectivity index (χ3v) is 3.27. The van der Waals surface area contributed by atoms with Crippen LogP contribution in [0.25, 0.3) is 0 Å². The van der Waals surface area contributed by atoms with Crippen LogP contribution in [-0.2, 0) is 13.1 Å². The Bertz CT molecular complexity index is 501. The molecule has 0 fully saturated rings. The molecular weight excluding hydrogens is 236 g/mol. The van der Waals surface area contributed by atoms with Crippen molar-refractivity contribution in [3.8, 4) is 0 Å². The van der Waals surface area contributed by atoms with E-state index >= 15 is 0 Å². The number of nitrogens with one attached hydrogen (secondary N) is 1. The SMILES string of the molecule is CCCn1ncnc1CN[C@H](C)c1ccc(C)cc1. The van der Waals surface area contributed by atoms with Crippen molar-refractivity contribution in [2.75, 3.05) is 0 Å². The van der Waals surface area contributed by atoms with Gasteiger partial charge in [0.05, 0.1) is 6.54 Å². The maximum absolute atomic E-state index is 4.30. The van der Waals surface area contributed by atoms with Crippen LogP contribution in [0, 0.1) is 6.92 Å². The van der Waals surface area contributed by atoms with Gasteiger partial charge >= 0.3 is 0 Å². The van der Waals surface area contributed by atoms with Gasteiger partial charge in [-0.3, -0.25) is 0 Å². The minimum atomic E-state index is 0.312. The zero-order chi connectivity index (χ0) is 13.7. The van der Waals surface area contributed by atoms with Crippen LogP contribution in [0.2, 0.25) is 0 Å². The molecule has 102 valence electrons.